The van der Waals surface area contributed by atoms with Gasteiger partial charge in [0.25, 0.3) is 0 Å². The summed E-state index contributed by atoms with van der Waals surface area (Å²) in [6, 6.07) is 8.14. The molecule has 0 saturated carbocycles. The Morgan fingerprint density at radius 3 is 2.67 bits per heavy atom. The molecule has 1 aromatic rings. The van der Waals surface area contributed by atoms with Gasteiger partial charge < -0.3 is 9.84 Å². The monoisotopic (exact) mass is 332 g/mol. The average Bonchev–Trinajstić information content (AvgIpc) is 3.06. The minimum absolute atomic E-state index is 0.225. The second-order valence-corrected chi connectivity index (χ2v) is 6.92. The van der Waals surface area contributed by atoms with Gasteiger partial charge in [-0.1, -0.05) is 24.6 Å². The first kappa shape index (κ1) is 17.2. The van der Waals surface area contributed by atoms with Crippen LogP contribution in [0.1, 0.15) is 31.2 Å². The lowest BCUT2D eigenvalue weighted by Gasteiger charge is -2.26. The molecule has 132 valence electrons. The second-order valence-electron chi connectivity index (χ2n) is 6.92. The lowest BCUT2D eigenvalue weighted by Crippen LogP contribution is -2.33. The number of hydrogen-bond donors (Lipinski definition) is 1. The van der Waals surface area contributed by atoms with Gasteiger partial charge >= 0.3 is 5.97 Å². The number of likely N-dealkylation sites (tertiary alicyclic amines) is 2. The minimum Gasteiger partial charge on any atom is -0.492 e. The maximum absolute atomic E-state index is 11.1. The largest absolute Gasteiger partial charge is 0.492 e. The van der Waals surface area contributed by atoms with Gasteiger partial charge in [-0.05, 0) is 45.0 Å². The van der Waals surface area contributed by atoms with Crippen molar-refractivity contribution in [1.29, 1.82) is 0 Å². The summed E-state index contributed by atoms with van der Waals surface area (Å²) in [5, 5.41) is 9.14. The van der Waals surface area contributed by atoms with Crippen LogP contribution in [0, 0.1) is 5.92 Å². The number of para-hydroxylation sites is 1. The zero-order chi connectivity index (χ0) is 16.8. The number of aliphatic carboxylic acids is 1. The number of piperidine rings is 1. The number of nitrogens with zero attached hydrogens (tertiary/aromatic N) is 2. The van der Waals surface area contributed by atoms with E-state index in [-0.39, 0.29) is 5.92 Å². The van der Waals surface area contributed by atoms with Crippen molar-refractivity contribution in [3.63, 3.8) is 0 Å². The van der Waals surface area contributed by atoms with Crippen LogP contribution in [-0.2, 0) is 11.3 Å². The minimum atomic E-state index is -0.677. The molecule has 0 radical (unpaired) electrons. The third-order valence-corrected chi connectivity index (χ3v) is 5.10. The summed E-state index contributed by atoms with van der Waals surface area (Å²) in [6.07, 6.45) is 4.70. The van der Waals surface area contributed by atoms with E-state index in [9.17, 15) is 4.79 Å². The van der Waals surface area contributed by atoms with E-state index in [2.05, 4.69) is 15.9 Å². The molecule has 0 aromatic heterocycles. The van der Waals surface area contributed by atoms with Gasteiger partial charge in [0.2, 0.25) is 0 Å². The molecule has 1 unspecified atom stereocenters. The lowest BCUT2D eigenvalue weighted by atomic mass is 10.1. The molecule has 1 atom stereocenters. The van der Waals surface area contributed by atoms with E-state index in [1.165, 1.54) is 32.4 Å². The highest BCUT2D eigenvalue weighted by atomic mass is 16.5. The first-order valence-corrected chi connectivity index (χ1v) is 9.10. The van der Waals surface area contributed by atoms with E-state index in [0.29, 0.717) is 6.54 Å². The molecular weight excluding hydrogens is 304 g/mol. The molecule has 0 bridgehead atoms. The Morgan fingerprint density at radius 2 is 1.92 bits per heavy atom. The van der Waals surface area contributed by atoms with Gasteiger partial charge in [-0.25, -0.2) is 0 Å². The van der Waals surface area contributed by atoms with E-state index in [1.54, 1.807) is 0 Å². The van der Waals surface area contributed by atoms with Crippen molar-refractivity contribution in [2.75, 3.05) is 39.3 Å². The number of carboxylic acids is 1. The Kier molecular flexibility index (Phi) is 6.10. The summed E-state index contributed by atoms with van der Waals surface area (Å²) in [6.45, 7) is 6.33. The molecule has 2 aliphatic rings. The Bertz CT molecular complexity index is 543. The van der Waals surface area contributed by atoms with Crippen molar-refractivity contribution >= 4 is 5.97 Å². The van der Waals surface area contributed by atoms with Gasteiger partial charge in [-0.2, -0.15) is 0 Å². The number of ether oxygens (including phenoxy) is 1. The SMILES string of the molecule is O=C(O)C1CCN(Cc2ccccc2OCCN2CCCCC2)C1. The molecule has 0 aliphatic carbocycles. The molecular formula is C19H28N2O3. The molecule has 2 aliphatic heterocycles. The van der Waals surface area contributed by atoms with Crippen molar-refractivity contribution in [1.82, 2.24) is 9.80 Å². The Hall–Kier alpha value is -1.59. The number of benzene rings is 1. The first-order chi connectivity index (χ1) is 11.7. The number of hydrogen-bond acceptors (Lipinski definition) is 4. The average molecular weight is 332 g/mol. The van der Waals surface area contributed by atoms with Gasteiger partial charge in [-0.15, -0.1) is 0 Å². The third-order valence-electron chi connectivity index (χ3n) is 5.10. The van der Waals surface area contributed by atoms with E-state index >= 15 is 0 Å². The molecule has 5 nitrogen and oxygen atoms in total. The maximum Gasteiger partial charge on any atom is 0.307 e. The lowest BCUT2D eigenvalue weighted by molar-refractivity contribution is -0.141. The highest BCUT2D eigenvalue weighted by molar-refractivity contribution is 5.70. The molecule has 1 N–H and O–H groups in total. The molecule has 2 saturated heterocycles. The van der Waals surface area contributed by atoms with Crippen LogP contribution in [0.15, 0.2) is 24.3 Å². The van der Waals surface area contributed by atoms with E-state index < -0.39 is 5.97 Å². The maximum atomic E-state index is 11.1. The highest BCUT2D eigenvalue weighted by Crippen LogP contribution is 2.24. The van der Waals surface area contributed by atoms with E-state index in [1.807, 2.05) is 18.2 Å². The molecule has 5 heteroatoms. The second kappa shape index (κ2) is 8.49. The van der Waals surface area contributed by atoms with Crippen molar-refractivity contribution in [3.05, 3.63) is 29.8 Å². The quantitative estimate of drug-likeness (QED) is 0.831. The summed E-state index contributed by atoms with van der Waals surface area (Å²) in [5.74, 6) is 0.0361. The fourth-order valence-electron chi connectivity index (χ4n) is 3.66. The molecule has 2 fully saturated rings. The smallest absolute Gasteiger partial charge is 0.307 e. The number of carboxylic acid groups (broad SMARTS) is 1. The topological polar surface area (TPSA) is 53.0 Å². The standard InChI is InChI=1S/C19H28N2O3/c22-19(23)17-8-11-21(15-17)14-16-6-2-3-7-18(16)24-13-12-20-9-4-1-5-10-20/h2-3,6-7,17H,1,4-5,8-15H2,(H,22,23). The summed E-state index contributed by atoms with van der Waals surface area (Å²) >= 11 is 0. The van der Waals surface area contributed by atoms with Crippen molar-refractivity contribution in [3.8, 4) is 5.75 Å². The van der Waals surface area contributed by atoms with Crippen molar-refractivity contribution in [2.45, 2.75) is 32.2 Å². The van der Waals surface area contributed by atoms with Gasteiger partial charge in [-0.3, -0.25) is 14.6 Å². The van der Waals surface area contributed by atoms with Crippen LogP contribution in [0.2, 0.25) is 0 Å². The molecule has 2 heterocycles. The van der Waals surface area contributed by atoms with E-state index in [0.717, 1.165) is 44.0 Å². The number of carbonyl (C=O) groups is 1. The predicted octanol–water partition coefficient (Wildman–Crippen LogP) is 2.46. The van der Waals surface area contributed by atoms with Gasteiger partial charge in [0, 0.05) is 25.2 Å². The molecule has 0 amide bonds. The van der Waals surface area contributed by atoms with Crippen LogP contribution >= 0.6 is 0 Å². The van der Waals surface area contributed by atoms with Crippen LogP contribution in [-0.4, -0.2) is 60.2 Å². The highest BCUT2D eigenvalue weighted by Gasteiger charge is 2.28. The normalized spacial score (nSPS) is 22.6. The van der Waals surface area contributed by atoms with Crippen molar-refractivity contribution < 1.29 is 14.6 Å². The fourth-order valence-corrected chi connectivity index (χ4v) is 3.66. The van der Waals surface area contributed by atoms with Crippen molar-refractivity contribution in [2.24, 2.45) is 5.92 Å². The number of rotatable bonds is 7. The van der Waals surface area contributed by atoms with Gasteiger partial charge in [0.15, 0.2) is 0 Å². The Balaban J connectivity index is 1.50. The zero-order valence-electron chi connectivity index (χ0n) is 14.3. The Morgan fingerprint density at radius 1 is 1.12 bits per heavy atom. The molecule has 3 rings (SSSR count). The third kappa shape index (κ3) is 4.71. The van der Waals surface area contributed by atoms with E-state index in [4.69, 9.17) is 9.84 Å². The van der Waals surface area contributed by atoms with Crippen LogP contribution in [0.3, 0.4) is 0 Å². The van der Waals surface area contributed by atoms with Gasteiger partial charge in [0.1, 0.15) is 12.4 Å². The Labute approximate surface area is 144 Å². The van der Waals surface area contributed by atoms with Crippen LogP contribution in [0.5, 0.6) is 5.75 Å². The summed E-state index contributed by atoms with van der Waals surface area (Å²) < 4.78 is 6.04. The fraction of sp³-hybridized carbons (Fsp3) is 0.632. The molecule has 1 aromatic carbocycles. The van der Waals surface area contributed by atoms with Gasteiger partial charge in [0.05, 0.1) is 5.92 Å². The van der Waals surface area contributed by atoms with Crippen LogP contribution in [0.25, 0.3) is 0 Å². The molecule has 0 spiro atoms. The molecule has 24 heavy (non-hydrogen) atoms. The predicted molar refractivity (Wildman–Crippen MR) is 93.2 cm³/mol. The summed E-state index contributed by atoms with van der Waals surface area (Å²) in [7, 11) is 0. The van der Waals surface area contributed by atoms with Crippen LogP contribution < -0.4 is 4.74 Å². The summed E-state index contributed by atoms with van der Waals surface area (Å²) in [5.41, 5.74) is 1.15. The first-order valence-electron chi connectivity index (χ1n) is 9.10. The van der Waals surface area contributed by atoms with Crippen LogP contribution in [0.4, 0.5) is 0 Å². The summed E-state index contributed by atoms with van der Waals surface area (Å²) in [4.78, 5) is 15.8. The zero-order valence-corrected chi connectivity index (χ0v) is 14.3.